The van der Waals surface area contributed by atoms with Gasteiger partial charge >= 0.3 is 0 Å². The van der Waals surface area contributed by atoms with E-state index in [1.54, 1.807) is 0 Å². The van der Waals surface area contributed by atoms with Crippen LogP contribution < -0.4 is 4.90 Å². The monoisotopic (exact) mass is 333 g/mol. The van der Waals surface area contributed by atoms with E-state index in [2.05, 4.69) is 29.8 Å². The van der Waals surface area contributed by atoms with E-state index in [0.29, 0.717) is 18.5 Å². The summed E-state index contributed by atoms with van der Waals surface area (Å²) in [7, 11) is 0. The van der Waals surface area contributed by atoms with E-state index < -0.39 is 0 Å². The predicted molar refractivity (Wildman–Crippen MR) is 81.2 cm³/mol. The lowest BCUT2D eigenvalue weighted by molar-refractivity contribution is -0.122. The van der Waals surface area contributed by atoms with E-state index in [9.17, 15) is 9.59 Å². The van der Waals surface area contributed by atoms with Crippen molar-refractivity contribution in [2.75, 3.05) is 4.90 Å². The van der Waals surface area contributed by atoms with Crippen molar-refractivity contribution in [2.45, 2.75) is 26.7 Å². The van der Waals surface area contributed by atoms with Crippen molar-refractivity contribution >= 4 is 33.4 Å². The van der Waals surface area contributed by atoms with E-state index in [1.165, 1.54) is 16.0 Å². The first kappa shape index (κ1) is 13.6. The van der Waals surface area contributed by atoms with Crippen LogP contribution in [0.5, 0.6) is 0 Å². The van der Waals surface area contributed by atoms with E-state index in [0.717, 1.165) is 4.47 Å². The van der Waals surface area contributed by atoms with Crippen LogP contribution in [0.15, 0.2) is 39.9 Å². The van der Waals surface area contributed by atoms with Gasteiger partial charge in [0.2, 0.25) is 11.8 Å². The number of hydrogen-bond acceptors (Lipinski definition) is 2. The van der Waals surface area contributed by atoms with Gasteiger partial charge in [0.15, 0.2) is 0 Å². The lowest BCUT2D eigenvalue weighted by Gasteiger charge is -2.23. The molecule has 0 bridgehead atoms. The van der Waals surface area contributed by atoms with Crippen LogP contribution >= 0.6 is 15.9 Å². The Hall–Kier alpha value is -1.42. The van der Waals surface area contributed by atoms with Crippen molar-refractivity contribution in [2.24, 2.45) is 11.8 Å². The summed E-state index contributed by atoms with van der Waals surface area (Å²) in [5.41, 5.74) is 3.18. The predicted octanol–water partition coefficient (Wildman–Crippen LogP) is 3.68. The fourth-order valence-electron chi connectivity index (χ4n) is 3.10. The average molecular weight is 334 g/mol. The summed E-state index contributed by atoms with van der Waals surface area (Å²) >= 11 is 3.37. The topological polar surface area (TPSA) is 37.4 Å². The molecular formula is C16H16BrNO2. The molecule has 0 N–H and O–H groups in total. The standard InChI is InChI=1S/C16H16BrNO2/c1-9-7-13-14(8-10(9)2)16(20)18(15(13)19)12-5-3-11(17)4-6-12/h3-6,13-14H,7-8H2,1-2H3/t13-,14-/m1/s1. The summed E-state index contributed by atoms with van der Waals surface area (Å²) < 4.78 is 0.936. The van der Waals surface area contributed by atoms with Gasteiger partial charge in [-0.2, -0.15) is 0 Å². The van der Waals surface area contributed by atoms with Crippen LogP contribution in [0.4, 0.5) is 5.69 Å². The molecule has 20 heavy (non-hydrogen) atoms. The van der Waals surface area contributed by atoms with Crippen LogP contribution in [0, 0.1) is 11.8 Å². The fourth-order valence-corrected chi connectivity index (χ4v) is 3.36. The molecule has 1 aromatic carbocycles. The molecule has 0 saturated carbocycles. The number of imide groups is 1. The van der Waals surface area contributed by atoms with E-state index >= 15 is 0 Å². The number of anilines is 1. The van der Waals surface area contributed by atoms with Gasteiger partial charge in [-0.1, -0.05) is 27.1 Å². The van der Waals surface area contributed by atoms with E-state index in [-0.39, 0.29) is 23.7 Å². The van der Waals surface area contributed by atoms with Gasteiger partial charge in [-0.25, -0.2) is 0 Å². The van der Waals surface area contributed by atoms with Crippen molar-refractivity contribution in [1.29, 1.82) is 0 Å². The molecule has 4 heteroatoms. The first-order chi connectivity index (χ1) is 9.49. The Bertz CT molecular complexity index is 586. The first-order valence-electron chi connectivity index (χ1n) is 6.77. The summed E-state index contributed by atoms with van der Waals surface area (Å²) in [6.07, 6.45) is 1.43. The molecule has 3 rings (SSSR count). The largest absolute Gasteiger partial charge is 0.274 e. The molecule has 1 aromatic rings. The van der Waals surface area contributed by atoms with Crippen LogP contribution in [0.3, 0.4) is 0 Å². The highest BCUT2D eigenvalue weighted by Gasteiger charge is 2.49. The Balaban J connectivity index is 1.95. The average Bonchev–Trinajstić information content (AvgIpc) is 2.65. The molecule has 1 heterocycles. The maximum Gasteiger partial charge on any atom is 0.238 e. The zero-order valence-electron chi connectivity index (χ0n) is 11.5. The fraction of sp³-hybridized carbons (Fsp3) is 0.375. The summed E-state index contributed by atoms with van der Waals surface area (Å²) in [6, 6.07) is 7.33. The maximum absolute atomic E-state index is 12.6. The SMILES string of the molecule is CC1=C(C)C[C@H]2C(=O)N(c3ccc(Br)cc3)C(=O)[C@@H]2C1. The minimum absolute atomic E-state index is 0.0471. The van der Waals surface area contributed by atoms with E-state index in [1.807, 2.05) is 24.3 Å². The molecule has 1 fully saturated rings. The lowest BCUT2D eigenvalue weighted by Crippen LogP contribution is -2.30. The molecule has 1 aliphatic heterocycles. The zero-order chi connectivity index (χ0) is 14.4. The number of halogens is 1. The molecule has 2 atom stereocenters. The van der Waals surface area contributed by atoms with Crippen LogP contribution in [0.25, 0.3) is 0 Å². The third kappa shape index (κ3) is 2.03. The number of benzene rings is 1. The second-order valence-electron chi connectivity index (χ2n) is 5.67. The molecule has 0 unspecified atom stereocenters. The zero-order valence-corrected chi connectivity index (χ0v) is 13.1. The molecular weight excluding hydrogens is 318 g/mol. The number of carbonyl (C=O) groups is 2. The van der Waals surface area contributed by atoms with Crippen LogP contribution in [0.1, 0.15) is 26.7 Å². The van der Waals surface area contributed by atoms with Crippen molar-refractivity contribution in [3.63, 3.8) is 0 Å². The molecule has 0 spiro atoms. The van der Waals surface area contributed by atoms with Gasteiger partial charge in [-0.15, -0.1) is 0 Å². The second-order valence-corrected chi connectivity index (χ2v) is 6.59. The molecule has 3 nitrogen and oxygen atoms in total. The highest BCUT2D eigenvalue weighted by atomic mass is 79.9. The van der Waals surface area contributed by atoms with Gasteiger partial charge < -0.3 is 0 Å². The second kappa shape index (κ2) is 4.85. The van der Waals surface area contributed by atoms with Gasteiger partial charge in [-0.05, 0) is 51.0 Å². The molecule has 104 valence electrons. The number of hydrogen-bond donors (Lipinski definition) is 0. The van der Waals surface area contributed by atoms with Crippen LogP contribution in [-0.4, -0.2) is 11.8 Å². The minimum atomic E-state index is -0.171. The Morgan fingerprint density at radius 1 is 0.950 bits per heavy atom. The van der Waals surface area contributed by atoms with Crippen LogP contribution in [-0.2, 0) is 9.59 Å². The Morgan fingerprint density at radius 2 is 1.40 bits per heavy atom. The molecule has 0 radical (unpaired) electrons. The molecule has 1 aliphatic carbocycles. The summed E-state index contributed by atoms with van der Waals surface area (Å²) in [5.74, 6) is -0.437. The smallest absolute Gasteiger partial charge is 0.238 e. The van der Waals surface area contributed by atoms with E-state index in [4.69, 9.17) is 0 Å². The number of rotatable bonds is 1. The quantitative estimate of drug-likeness (QED) is 0.580. The highest BCUT2D eigenvalue weighted by Crippen LogP contribution is 2.42. The molecule has 2 amide bonds. The maximum atomic E-state index is 12.6. The number of carbonyl (C=O) groups excluding carboxylic acids is 2. The summed E-state index contributed by atoms with van der Waals surface area (Å²) in [5, 5.41) is 0. The summed E-state index contributed by atoms with van der Waals surface area (Å²) in [6.45, 7) is 4.12. The highest BCUT2D eigenvalue weighted by molar-refractivity contribution is 9.10. The summed E-state index contributed by atoms with van der Waals surface area (Å²) in [4.78, 5) is 26.5. The number of nitrogens with zero attached hydrogens (tertiary/aromatic N) is 1. The Labute approximate surface area is 126 Å². The van der Waals surface area contributed by atoms with Gasteiger partial charge in [-0.3, -0.25) is 14.5 Å². The van der Waals surface area contributed by atoms with Gasteiger partial charge in [0.25, 0.3) is 0 Å². The molecule has 2 aliphatic rings. The van der Waals surface area contributed by atoms with Gasteiger partial charge in [0.1, 0.15) is 0 Å². The Morgan fingerprint density at radius 3 is 1.85 bits per heavy atom. The Kier molecular flexibility index (Phi) is 3.28. The normalized spacial score (nSPS) is 26.2. The molecule has 1 saturated heterocycles. The van der Waals surface area contributed by atoms with Crippen LogP contribution in [0.2, 0.25) is 0 Å². The molecule has 0 aromatic heterocycles. The number of amides is 2. The third-order valence-corrected chi connectivity index (χ3v) is 4.96. The number of allylic oxidation sites excluding steroid dienone is 2. The van der Waals surface area contributed by atoms with Gasteiger partial charge in [0, 0.05) is 4.47 Å². The van der Waals surface area contributed by atoms with Crippen molar-refractivity contribution in [1.82, 2.24) is 0 Å². The van der Waals surface area contributed by atoms with Gasteiger partial charge in [0.05, 0.1) is 17.5 Å². The van der Waals surface area contributed by atoms with Crippen molar-refractivity contribution < 1.29 is 9.59 Å². The first-order valence-corrected chi connectivity index (χ1v) is 7.57. The third-order valence-electron chi connectivity index (χ3n) is 4.43. The van der Waals surface area contributed by atoms with Crippen molar-refractivity contribution in [3.05, 3.63) is 39.9 Å². The minimum Gasteiger partial charge on any atom is -0.274 e. The lowest BCUT2D eigenvalue weighted by atomic mass is 9.78. The van der Waals surface area contributed by atoms with Crippen molar-refractivity contribution in [3.8, 4) is 0 Å². The number of fused-ring (bicyclic) bond motifs is 1.